The van der Waals surface area contributed by atoms with E-state index in [0.717, 1.165) is 6.42 Å². The normalized spacial score (nSPS) is 13.3. The number of allylic oxidation sites excluding steroid dienone is 4. The van der Waals surface area contributed by atoms with Crippen LogP contribution < -0.4 is 0 Å². The molecule has 0 radical (unpaired) electrons. The molecule has 22 heavy (non-hydrogen) atoms. The predicted molar refractivity (Wildman–Crippen MR) is 101 cm³/mol. The van der Waals surface area contributed by atoms with Crippen LogP contribution in [-0.2, 0) is 0 Å². The van der Waals surface area contributed by atoms with Gasteiger partial charge in [-0.25, -0.2) is 0 Å². The molecular weight excluding hydrogens is 284 g/mol. The standard InChI is InChI=1S/C21H24S/c1-4-6-14-19(13-5-2)22(3,20-15-9-7-10-16-20)21-17-11-8-12-18-21/h4-5,7-18H,1,6H2,2-3H3. The van der Waals surface area contributed by atoms with Gasteiger partial charge < -0.3 is 0 Å². The van der Waals surface area contributed by atoms with Crippen LogP contribution >= 0.6 is 10.0 Å². The third kappa shape index (κ3) is 3.42. The van der Waals surface area contributed by atoms with Crippen LogP contribution in [0.15, 0.2) is 106 Å². The van der Waals surface area contributed by atoms with Gasteiger partial charge in [0.1, 0.15) is 0 Å². The first kappa shape index (κ1) is 16.4. The van der Waals surface area contributed by atoms with Crippen LogP contribution in [-0.4, -0.2) is 6.26 Å². The molecule has 0 aromatic heterocycles. The van der Waals surface area contributed by atoms with Crippen molar-refractivity contribution in [2.75, 3.05) is 6.26 Å². The monoisotopic (exact) mass is 308 g/mol. The quantitative estimate of drug-likeness (QED) is 0.418. The lowest BCUT2D eigenvalue weighted by atomic mass is 10.3. The van der Waals surface area contributed by atoms with Crippen molar-refractivity contribution >= 4 is 10.0 Å². The Bertz CT molecular complexity index is 611. The molecule has 114 valence electrons. The third-order valence-electron chi connectivity index (χ3n) is 3.72. The molecule has 0 bridgehead atoms. The van der Waals surface area contributed by atoms with E-state index < -0.39 is 10.0 Å². The molecule has 0 aliphatic rings. The lowest BCUT2D eigenvalue weighted by Crippen LogP contribution is -2.02. The molecule has 0 heterocycles. The highest BCUT2D eigenvalue weighted by molar-refractivity contribution is 8.36. The Morgan fingerprint density at radius 3 is 1.86 bits per heavy atom. The molecule has 0 aliphatic carbocycles. The predicted octanol–water partition coefficient (Wildman–Crippen LogP) is 6.58. The van der Waals surface area contributed by atoms with E-state index in [1.807, 2.05) is 6.08 Å². The van der Waals surface area contributed by atoms with E-state index in [0.29, 0.717) is 0 Å². The largest absolute Gasteiger partial charge is 0.164 e. The lowest BCUT2D eigenvalue weighted by molar-refractivity contribution is 1.34. The molecule has 0 nitrogen and oxygen atoms in total. The topological polar surface area (TPSA) is 0 Å². The van der Waals surface area contributed by atoms with Crippen molar-refractivity contribution in [2.24, 2.45) is 0 Å². The Morgan fingerprint density at radius 2 is 1.45 bits per heavy atom. The summed E-state index contributed by atoms with van der Waals surface area (Å²) in [6, 6.07) is 21.7. The van der Waals surface area contributed by atoms with Crippen LogP contribution in [0, 0.1) is 0 Å². The summed E-state index contributed by atoms with van der Waals surface area (Å²) in [4.78, 5) is 4.15. The number of hydrogen-bond acceptors (Lipinski definition) is 0. The third-order valence-corrected chi connectivity index (χ3v) is 7.39. The molecule has 2 aromatic carbocycles. The highest BCUT2D eigenvalue weighted by Crippen LogP contribution is 2.65. The van der Waals surface area contributed by atoms with Gasteiger partial charge in [0, 0.05) is 0 Å². The van der Waals surface area contributed by atoms with E-state index in [4.69, 9.17) is 0 Å². The van der Waals surface area contributed by atoms with Crippen LogP contribution in [0.25, 0.3) is 0 Å². The summed E-state index contributed by atoms with van der Waals surface area (Å²) >= 11 is 0. The number of benzene rings is 2. The minimum absolute atomic E-state index is 0.891. The molecular formula is C21H24S. The zero-order valence-electron chi connectivity index (χ0n) is 13.4. The molecule has 0 fully saturated rings. The first-order valence-corrected chi connectivity index (χ1v) is 9.60. The maximum absolute atomic E-state index is 3.86. The van der Waals surface area contributed by atoms with Crippen molar-refractivity contribution in [3.63, 3.8) is 0 Å². The Morgan fingerprint density at radius 1 is 0.955 bits per heavy atom. The van der Waals surface area contributed by atoms with Gasteiger partial charge in [-0.15, -0.1) is 6.58 Å². The summed E-state index contributed by atoms with van der Waals surface area (Å²) in [5.74, 6) is 0. The van der Waals surface area contributed by atoms with E-state index >= 15 is 0 Å². The van der Waals surface area contributed by atoms with Gasteiger partial charge in [-0.05, 0) is 58.6 Å². The van der Waals surface area contributed by atoms with Crippen LogP contribution in [0.5, 0.6) is 0 Å². The second-order valence-electron chi connectivity index (χ2n) is 5.18. The van der Waals surface area contributed by atoms with Crippen molar-refractivity contribution in [1.82, 2.24) is 0 Å². The van der Waals surface area contributed by atoms with E-state index in [9.17, 15) is 0 Å². The number of rotatable bonds is 6. The van der Waals surface area contributed by atoms with Gasteiger partial charge in [0.2, 0.25) is 0 Å². The molecule has 0 saturated heterocycles. The summed E-state index contributed by atoms with van der Waals surface area (Å²) in [6.07, 6.45) is 11.9. The second kappa shape index (κ2) is 7.86. The molecule has 0 unspecified atom stereocenters. The highest BCUT2D eigenvalue weighted by Gasteiger charge is 2.25. The number of hydrogen-bond donors (Lipinski definition) is 0. The van der Waals surface area contributed by atoms with Gasteiger partial charge in [-0.3, -0.25) is 0 Å². The van der Waals surface area contributed by atoms with Crippen LogP contribution in [0.2, 0.25) is 0 Å². The molecule has 0 N–H and O–H groups in total. The van der Waals surface area contributed by atoms with E-state index in [1.165, 1.54) is 14.7 Å². The van der Waals surface area contributed by atoms with Crippen molar-refractivity contribution < 1.29 is 0 Å². The van der Waals surface area contributed by atoms with Crippen LogP contribution in [0.4, 0.5) is 0 Å². The molecule has 2 aromatic rings. The fourth-order valence-corrected chi connectivity index (χ4v) is 5.59. The Labute approximate surface area is 136 Å². The summed E-state index contributed by atoms with van der Waals surface area (Å²) in [7, 11) is -1.25. The summed E-state index contributed by atoms with van der Waals surface area (Å²) in [6.45, 7) is 5.94. The van der Waals surface area contributed by atoms with Crippen LogP contribution in [0.1, 0.15) is 13.3 Å². The molecule has 0 saturated carbocycles. The minimum atomic E-state index is -1.25. The van der Waals surface area contributed by atoms with Gasteiger partial charge in [0.15, 0.2) is 0 Å². The molecule has 0 atom stereocenters. The SMILES string of the molecule is C=CCC=C(C=CC)S(C)(c1ccccc1)c1ccccc1. The average Bonchev–Trinajstić information content (AvgIpc) is 2.59. The molecule has 0 amide bonds. The van der Waals surface area contributed by atoms with Gasteiger partial charge in [-0.1, -0.05) is 60.7 Å². The summed E-state index contributed by atoms with van der Waals surface area (Å²) < 4.78 is 0. The molecule has 2 rings (SSSR count). The lowest BCUT2D eigenvalue weighted by Gasteiger charge is -2.38. The van der Waals surface area contributed by atoms with Crippen molar-refractivity contribution in [3.05, 3.63) is 96.5 Å². The van der Waals surface area contributed by atoms with Crippen LogP contribution in [0.3, 0.4) is 0 Å². The maximum Gasteiger partial charge on any atom is -0.00213 e. The Hall–Kier alpha value is -1.99. The minimum Gasteiger partial charge on any atom is -0.164 e. The van der Waals surface area contributed by atoms with Crippen molar-refractivity contribution in [2.45, 2.75) is 23.1 Å². The van der Waals surface area contributed by atoms with Gasteiger partial charge >= 0.3 is 0 Å². The van der Waals surface area contributed by atoms with Crippen molar-refractivity contribution in [1.29, 1.82) is 0 Å². The zero-order chi connectivity index (χ0) is 15.8. The molecule has 0 aliphatic heterocycles. The second-order valence-corrected chi connectivity index (χ2v) is 8.43. The maximum atomic E-state index is 3.86. The summed E-state index contributed by atoms with van der Waals surface area (Å²) in [5.41, 5.74) is 0. The molecule has 0 spiro atoms. The van der Waals surface area contributed by atoms with Gasteiger partial charge in [-0.2, -0.15) is 10.0 Å². The zero-order valence-corrected chi connectivity index (χ0v) is 14.2. The first-order valence-electron chi connectivity index (χ1n) is 7.55. The fraction of sp³-hybridized carbons (Fsp3) is 0.143. The summed E-state index contributed by atoms with van der Waals surface area (Å²) in [5, 5.41) is 0. The van der Waals surface area contributed by atoms with Crippen molar-refractivity contribution in [3.8, 4) is 0 Å². The highest BCUT2D eigenvalue weighted by atomic mass is 32.3. The van der Waals surface area contributed by atoms with E-state index in [-0.39, 0.29) is 0 Å². The van der Waals surface area contributed by atoms with E-state index in [2.05, 4.69) is 98.7 Å². The Kier molecular flexibility index (Phi) is 5.85. The van der Waals surface area contributed by atoms with Gasteiger partial charge in [0.05, 0.1) is 0 Å². The Balaban J connectivity index is 2.67. The smallest absolute Gasteiger partial charge is 0.00213 e. The fourth-order valence-electron chi connectivity index (χ4n) is 2.53. The van der Waals surface area contributed by atoms with E-state index in [1.54, 1.807) is 0 Å². The first-order chi connectivity index (χ1) is 10.7. The van der Waals surface area contributed by atoms with Gasteiger partial charge in [0.25, 0.3) is 0 Å². The molecule has 1 heteroatoms. The average molecular weight is 308 g/mol.